The lowest BCUT2D eigenvalue weighted by Crippen LogP contribution is -2.73. The van der Waals surface area contributed by atoms with Crippen LogP contribution < -0.4 is 0 Å². The summed E-state index contributed by atoms with van der Waals surface area (Å²) in [5.41, 5.74) is 2.97. The molecule has 5 aliphatic rings. The minimum absolute atomic E-state index is 0.327. The minimum atomic E-state index is 0.327. The molecule has 1 aliphatic carbocycles. The molecule has 0 radical (unpaired) electrons. The lowest BCUT2D eigenvalue weighted by Gasteiger charge is -2.52. The number of nitrogens with one attached hydrogen (secondary N) is 1. The van der Waals surface area contributed by atoms with Gasteiger partial charge < -0.3 is 10.1 Å². The predicted octanol–water partition coefficient (Wildman–Crippen LogP) is 1.67. The number of hydrogen-bond acceptors (Lipinski definition) is 4. The van der Waals surface area contributed by atoms with E-state index in [9.17, 15) is 5.11 Å². The fraction of sp³-hybridized carbons (Fsp3) is 0.684. The Morgan fingerprint density at radius 1 is 1.32 bits per heavy atom. The molecule has 2 unspecified atom stereocenters. The van der Waals surface area contributed by atoms with E-state index in [0.717, 1.165) is 17.7 Å². The van der Waals surface area contributed by atoms with Gasteiger partial charge in [0.2, 0.25) is 11.8 Å². The Labute approximate surface area is 147 Å². The van der Waals surface area contributed by atoms with Crippen LogP contribution in [0.25, 0.3) is 0 Å². The van der Waals surface area contributed by atoms with Gasteiger partial charge in [0.1, 0.15) is 11.7 Å². The van der Waals surface area contributed by atoms with Gasteiger partial charge in [0.15, 0.2) is 12.4 Å². The standard InChI is InChI=1S/C19H26N5O/c25-10-13-2-1-7-22(13)9-12-3-4-14-16(8-12)24-18(14)17-15-5-6-20-19(15)21-11-23(17)24/h5-6,11-14,16-17,20,25H,1-4,7-10H2/q+1/t12-,13+,14-,16?,17?/m1/s1. The molecule has 1 saturated carbocycles. The van der Waals surface area contributed by atoms with E-state index in [0.29, 0.717) is 24.7 Å². The number of rotatable bonds is 3. The van der Waals surface area contributed by atoms with Gasteiger partial charge >= 0.3 is 0 Å². The van der Waals surface area contributed by atoms with E-state index < -0.39 is 0 Å². The Morgan fingerprint density at radius 2 is 2.28 bits per heavy atom. The Bertz CT molecular complexity index is 768. The summed E-state index contributed by atoms with van der Waals surface area (Å²) in [6.45, 7) is 2.68. The summed E-state index contributed by atoms with van der Waals surface area (Å²) in [7, 11) is 0. The third-order valence-corrected chi connectivity index (χ3v) is 7.24. The maximum absolute atomic E-state index is 9.57. The van der Waals surface area contributed by atoms with E-state index >= 15 is 0 Å². The number of likely N-dealkylation sites (tertiary alicyclic amines) is 1. The van der Waals surface area contributed by atoms with Crippen LogP contribution in [0.15, 0.2) is 17.3 Å². The summed E-state index contributed by atoms with van der Waals surface area (Å²) in [5.74, 6) is 2.59. The molecule has 1 aromatic heterocycles. The van der Waals surface area contributed by atoms with Gasteiger partial charge in [-0.1, -0.05) is 0 Å². The summed E-state index contributed by atoms with van der Waals surface area (Å²) in [5, 5.41) is 11.9. The molecule has 25 heavy (non-hydrogen) atoms. The van der Waals surface area contributed by atoms with Crippen LogP contribution in [0.3, 0.4) is 0 Å². The molecular formula is C19H26N5O+. The molecular weight excluding hydrogens is 314 g/mol. The van der Waals surface area contributed by atoms with Gasteiger partial charge in [-0.25, -0.2) is 4.99 Å². The largest absolute Gasteiger partial charge is 0.395 e. The van der Waals surface area contributed by atoms with Gasteiger partial charge in [-0.15, -0.1) is 9.69 Å². The monoisotopic (exact) mass is 340 g/mol. The number of aliphatic imine (C=N–C) groups is 1. The van der Waals surface area contributed by atoms with Crippen molar-refractivity contribution < 1.29 is 9.79 Å². The Hall–Kier alpha value is -1.66. The fourth-order valence-electron chi connectivity index (χ4n) is 6.05. The number of H-pyrrole nitrogens is 1. The number of aliphatic hydroxyl groups is 1. The lowest BCUT2D eigenvalue weighted by molar-refractivity contribution is -0.767. The van der Waals surface area contributed by atoms with Crippen LogP contribution in [0.4, 0.5) is 5.82 Å². The average Bonchev–Trinajstić information content (AvgIpc) is 3.24. The van der Waals surface area contributed by atoms with Crippen LogP contribution in [-0.2, 0) is 0 Å². The van der Waals surface area contributed by atoms with Crippen molar-refractivity contribution in [2.24, 2.45) is 16.8 Å². The maximum atomic E-state index is 9.57. The van der Waals surface area contributed by atoms with Gasteiger partial charge in [-0.3, -0.25) is 4.90 Å². The van der Waals surface area contributed by atoms with Gasteiger partial charge in [0.25, 0.3) is 0 Å². The highest BCUT2D eigenvalue weighted by molar-refractivity contribution is 5.98. The third kappa shape index (κ3) is 1.87. The van der Waals surface area contributed by atoms with Gasteiger partial charge in [-0.2, -0.15) is 0 Å². The molecule has 5 atom stereocenters. The summed E-state index contributed by atoms with van der Waals surface area (Å²) >= 11 is 0. The smallest absolute Gasteiger partial charge is 0.226 e. The lowest BCUT2D eigenvalue weighted by atomic mass is 9.67. The quantitative estimate of drug-likeness (QED) is 0.823. The highest BCUT2D eigenvalue weighted by Gasteiger charge is 2.68. The Kier molecular flexibility index (Phi) is 3.00. The van der Waals surface area contributed by atoms with Crippen molar-refractivity contribution in [2.45, 2.75) is 50.2 Å². The van der Waals surface area contributed by atoms with E-state index in [2.05, 4.69) is 30.6 Å². The second kappa shape index (κ2) is 5.17. The molecule has 0 amide bonds. The van der Waals surface area contributed by atoms with E-state index in [1.165, 1.54) is 50.8 Å². The molecule has 6 nitrogen and oxygen atoms in total. The normalized spacial score (nSPS) is 38.6. The van der Waals surface area contributed by atoms with Crippen molar-refractivity contribution >= 4 is 17.9 Å². The number of nitrogens with zero attached hydrogens (tertiary/aromatic N) is 4. The fourth-order valence-corrected chi connectivity index (χ4v) is 6.05. The number of fused-ring (bicyclic) bond motifs is 8. The van der Waals surface area contributed by atoms with Crippen molar-refractivity contribution in [1.29, 1.82) is 0 Å². The van der Waals surface area contributed by atoms with E-state index in [1.807, 2.05) is 12.5 Å². The van der Waals surface area contributed by atoms with E-state index in [-0.39, 0.29) is 0 Å². The molecule has 2 fully saturated rings. The number of aromatic amines is 1. The first-order valence-corrected chi connectivity index (χ1v) is 9.85. The maximum Gasteiger partial charge on any atom is 0.226 e. The van der Waals surface area contributed by atoms with Crippen molar-refractivity contribution in [3.8, 4) is 0 Å². The van der Waals surface area contributed by atoms with Crippen molar-refractivity contribution in [2.75, 3.05) is 19.7 Å². The third-order valence-electron chi connectivity index (χ3n) is 7.24. The zero-order valence-electron chi connectivity index (χ0n) is 14.5. The van der Waals surface area contributed by atoms with Crippen LogP contribution in [0, 0.1) is 11.8 Å². The summed E-state index contributed by atoms with van der Waals surface area (Å²) in [4.78, 5) is 10.4. The van der Waals surface area contributed by atoms with Gasteiger partial charge in [0.05, 0.1) is 6.61 Å². The topological polar surface area (TPSA) is 57.9 Å². The van der Waals surface area contributed by atoms with E-state index in [1.54, 1.807) is 5.71 Å². The summed E-state index contributed by atoms with van der Waals surface area (Å²) in [6, 6.07) is 3.71. The molecule has 0 aromatic carbocycles. The zero-order valence-corrected chi connectivity index (χ0v) is 14.5. The first kappa shape index (κ1) is 14.5. The molecule has 1 saturated heterocycles. The number of hydrogen-bond donors (Lipinski definition) is 2. The van der Waals surface area contributed by atoms with Gasteiger partial charge in [0, 0.05) is 30.8 Å². The van der Waals surface area contributed by atoms with Crippen LogP contribution in [0.1, 0.15) is 43.7 Å². The van der Waals surface area contributed by atoms with Crippen molar-refractivity contribution in [3.05, 3.63) is 17.8 Å². The Balaban J connectivity index is 1.19. The predicted molar refractivity (Wildman–Crippen MR) is 95.1 cm³/mol. The van der Waals surface area contributed by atoms with Crippen LogP contribution in [0.5, 0.6) is 0 Å². The molecule has 132 valence electrons. The number of hydrazine groups is 1. The number of aliphatic hydroxyl groups excluding tert-OH is 1. The first-order valence-electron chi connectivity index (χ1n) is 9.85. The summed E-state index contributed by atoms with van der Waals surface area (Å²) < 4.78 is 2.52. The zero-order chi connectivity index (χ0) is 16.5. The second-order valence-electron chi connectivity index (χ2n) is 8.40. The minimum Gasteiger partial charge on any atom is -0.395 e. The number of aromatic nitrogens is 1. The molecule has 5 heterocycles. The molecule has 4 aliphatic heterocycles. The van der Waals surface area contributed by atoms with Gasteiger partial charge in [-0.05, 0) is 44.2 Å². The van der Waals surface area contributed by atoms with Crippen LogP contribution in [0.2, 0.25) is 0 Å². The van der Waals surface area contributed by atoms with Crippen LogP contribution >= 0.6 is 0 Å². The SMILES string of the molecule is OC[C@@H]1CCCN1C[C@@H]1CC[C@H]2C3=[N+](C2C1)N1C=Nc2[nH]ccc2C31. The first-order chi connectivity index (χ1) is 12.3. The van der Waals surface area contributed by atoms with Crippen molar-refractivity contribution in [3.63, 3.8) is 0 Å². The highest BCUT2D eigenvalue weighted by Crippen LogP contribution is 2.52. The number of hydrazone groups is 1. The Morgan fingerprint density at radius 3 is 3.20 bits per heavy atom. The molecule has 0 bridgehead atoms. The molecule has 0 spiro atoms. The van der Waals surface area contributed by atoms with Crippen molar-refractivity contribution in [1.82, 2.24) is 14.9 Å². The molecule has 1 aromatic rings. The average molecular weight is 340 g/mol. The second-order valence-corrected chi connectivity index (χ2v) is 8.40. The van der Waals surface area contributed by atoms with E-state index in [4.69, 9.17) is 0 Å². The molecule has 2 N–H and O–H groups in total. The molecule has 6 heteroatoms. The molecule has 6 rings (SSSR count). The summed E-state index contributed by atoms with van der Waals surface area (Å²) in [6.07, 6.45) is 10.4. The highest BCUT2D eigenvalue weighted by atomic mass is 16.3. The van der Waals surface area contributed by atoms with Crippen LogP contribution in [-0.4, -0.2) is 68.5 Å².